The Morgan fingerprint density at radius 3 is 0.778 bits per heavy atom. The van der Waals surface area contributed by atoms with Crippen LogP contribution in [0.3, 0.4) is 0 Å². The molecule has 48 valence electrons. The third-order valence-electron chi connectivity index (χ3n) is 0. The van der Waals surface area contributed by atoms with Crippen LogP contribution in [0.4, 0.5) is 0 Å². The second-order valence-corrected chi connectivity index (χ2v) is 1.50. The van der Waals surface area contributed by atoms with Gasteiger partial charge in [-0.3, -0.25) is 0 Å². The van der Waals surface area contributed by atoms with Crippen molar-refractivity contribution in [3.05, 3.63) is 0 Å². The Bertz CT molecular complexity index is 69.1. The fraction of sp³-hybridized carbons (Fsp3) is 0. The van der Waals surface area contributed by atoms with Crippen molar-refractivity contribution in [3.8, 4) is 0 Å². The molecule has 0 atom stereocenters. The van der Waals surface area contributed by atoms with Crippen molar-refractivity contribution in [2.45, 2.75) is 0 Å². The molecule has 0 radical (unpaired) electrons. The third-order valence-corrected chi connectivity index (χ3v) is 0. The van der Waals surface area contributed by atoms with Gasteiger partial charge in [-0.1, -0.05) is 0 Å². The van der Waals surface area contributed by atoms with Crippen molar-refractivity contribution < 1.29 is 69.9 Å². The molecule has 0 aliphatic carbocycles. The van der Waals surface area contributed by atoms with E-state index in [1.807, 2.05) is 0 Å². The molecule has 0 unspecified atom stereocenters. The van der Waals surface area contributed by atoms with Crippen LogP contribution in [-0.4, -0.2) is 18.3 Å². The van der Waals surface area contributed by atoms with Crippen LogP contribution in [0, 0.1) is 41.7 Å². The van der Waals surface area contributed by atoms with Crippen molar-refractivity contribution >= 4 is 18.3 Å². The molecule has 0 amide bonds. The molecule has 0 aromatic rings. The minimum atomic E-state index is -3.63. The molecular weight excluding hydrogens is 292 g/mol. The molecule has 0 heterocycles. The summed E-state index contributed by atoms with van der Waals surface area (Å²) in [6.07, 6.45) is 0. The van der Waals surface area contributed by atoms with Crippen LogP contribution < -0.4 is 19.2 Å². The first-order valence-electron chi connectivity index (χ1n) is 1.22. The summed E-state index contributed by atoms with van der Waals surface area (Å²) in [6, 6.07) is 0. The van der Waals surface area contributed by atoms with Gasteiger partial charge in [0.2, 0.25) is 0 Å². The van der Waals surface area contributed by atoms with Crippen LogP contribution in [-0.2, 0) is 8.92 Å². The molecule has 9 heavy (non-hydrogen) atoms. The van der Waals surface area contributed by atoms with E-state index in [9.17, 15) is 0 Å². The number of hydrogen-bond donors (Lipinski definition) is 0. The minimum Gasteiger partial charge on any atom is -0.672 e. The van der Waals surface area contributed by atoms with Crippen molar-refractivity contribution in [1.29, 1.82) is 0 Å². The molecule has 9 heteroatoms. The van der Waals surface area contributed by atoms with Crippen LogP contribution in [0.15, 0.2) is 0 Å². The van der Waals surface area contributed by atoms with E-state index in [0.29, 0.717) is 0 Å². The fourth-order valence-corrected chi connectivity index (χ4v) is 0. The van der Waals surface area contributed by atoms with Crippen LogP contribution in [0.25, 0.3) is 0 Å². The summed E-state index contributed by atoms with van der Waals surface area (Å²) in [6.45, 7) is 0. The maximum absolute atomic E-state index is 8.52. The maximum atomic E-state index is 8.52. The van der Waals surface area contributed by atoms with Crippen molar-refractivity contribution in [2.75, 3.05) is 0 Å². The molecule has 0 saturated heterocycles. The molecule has 0 saturated carbocycles. The molecule has 0 N–H and O–H groups in total. The molecular formula is CeO6Si2. The first-order chi connectivity index (χ1) is 3.46. The summed E-state index contributed by atoms with van der Waals surface area (Å²) in [4.78, 5) is 34.1. The molecule has 0 fully saturated rings. The Morgan fingerprint density at radius 1 is 0.778 bits per heavy atom. The molecule has 0 rings (SSSR count). The van der Waals surface area contributed by atoms with Crippen molar-refractivity contribution in [3.63, 3.8) is 0 Å². The average Bonchev–Trinajstić information content (AvgIpc) is 1.25. The first-order valence-corrected chi connectivity index (χ1v) is 3.67. The monoisotopic (exact) mass is 292 g/mol. The minimum absolute atomic E-state index is 0. The Balaban J connectivity index is -0.0000000720. The first kappa shape index (κ1) is 16.3. The van der Waals surface area contributed by atoms with Crippen LogP contribution in [0.1, 0.15) is 0 Å². The second-order valence-electron chi connectivity index (χ2n) is 0.500. The Labute approximate surface area is 87.3 Å². The van der Waals surface area contributed by atoms with Gasteiger partial charge < -0.3 is 28.1 Å². The largest absolute Gasteiger partial charge is 4.00 e. The molecule has 0 aromatic heterocycles. The van der Waals surface area contributed by atoms with Gasteiger partial charge in [-0.05, 0) is 0 Å². The summed E-state index contributed by atoms with van der Waals surface area (Å²) in [5, 5.41) is 0. The van der Waals surface area contributed by atoms with Gasteiger partial charge in [0, 0.05) is 18.3 Å². The average molecular weight is 292 g/mol. The Kier molecular flexibility index (Phi) is 20.7. The molecule has 6 nitrogen and oxygen atoms in total. The topological polar surface area (TPSA) is 126 Å². The van der Waals surface area contributed by atoms with E-state index in [2.05, 4.69) is 0 Å². The third kappa shape index (κ3) is 1010. The van der Waals surface area contributed by atoms with E-state index in [1.54, 1.807) is 0 Å². The van der Waals surface area contributed by atoms with Gasteiger partial charge in [0.15, 0.2) is 0 Å². The van der Waals surface area contributed by atoms with Gasteiger partial charge in [0.1, 0.15) is 0 Å². The van der Waals surface area contributed by atoms with Gasteiger partial charge in [-0.25, -0.2) is 0 Å². The maximum Gasteiger partial charge on any atom is 4.00 e. The van der Waals surface area contributed by atoms with Crippen LogP contribution >= 0.6 is 0 Å². The predicted molar refractivity (Wildman–Crippen MR) is 12.9 cm³/mol. The molecule has 0 aromatic carbocycles. The Morgan fingerprint density at radius 2 is 0.778 bits per heavy atom. The quantitative estimate of drug-likeness (QED) is 0.409. The van der Waals surface area contributed by atoms with Crippen LogP contribution in [0.5, 0.6) is 0 Å². The van der Waals surface area contributed by atoms with Crippen molar-refractivity contribution in [2.24, 2.45) is 0 Å². The summed E-state index contributed by atoms with van der Waals surface area (Å²) in [7, 11) is -7.26. The van der Waals surface area contributed by atoms with Gasteiger partial charge in [0.25, 0.3) is 0 Å². The fourth-order valence-electron chi connectivity index (χ4n) is 0. The zero-order valence-electron chi connectivity index (χ0n) is 3.95. The SMILES string of the molecule is O=[Si]([O-])[O-].O=[Si]([O-])[O-].[Ce+4]. The van der Waals surface area contributed by atoms with E-state index in [1.165, 1.54) is 0 Å². The van der Waals surface area contributed by atoms with Crippen molar-refractivity contribution in [1.82, 2.24) is 0 Å². The van der Waals surface area contributed by atoms with E-state index in [4.69, 9.17) is 28.1 Å². The van der Waals surface area contributed by atoms with Gasteiger partial charge >= 0.3 is 41.7 Å². The standard InChI is InChI=1S/Ce.2O3Si/c;2*1-4(2)3/q+4;2*-2. The van der Waals surface area contributed by atoms with Gasteiger partial charge in [-0.15, -0.1) is 0 Å². The molecule has 0 spiro atoms. The second kappa shape index (κ2) is 11.4. The van der Waals surface area contributed by atoms with E-state index < -0.39 is 18.3 Å². The van der Waals surface area contributed by atoms with E-state index >= 15 is 0 Å². The molecule has 0 bridgehead atoms. The summed E-state index contributed by atoms with van der Waals surface area (Å²) in [5.74, 6) is 0. The molecule has 0 aliphatic rings. The summed E-state index contributed by atoms with van der Waals surface area (Å²) < 4.78 is 17.0. The van der Waals surface area contributed by atoms with E-state index in [-0.39, 0.29) is 41.7 Å². The number of hydrogen-bond acceptors (Lipinski definition) is 6. The zero-order chi connectivity index (χ0) is 7.15. The van der Waals surface area contributed by atoms with Crippen LogP contribution in [0.2, 0.25) is 0 Å². The summed E-state index contributed by atoms with van der Waals surface area (Å²) >= 11 is 0. The Hall–Kier alpha value is 0.610. The predicted octanol–water partition coefficient (Wildman–Crippen LogP) is -5.76. The van der Waals surface area contributed by atoms with Gasteiger partial charge in [-0.2, -0.15) is 0 Å². The summed E-state index contributed by atoms with van der Waals surface area (Å²) in [5.41, 5.74) is 0. The smallest absolute Gasteiger partial charge is 0.672 e. The van der Waals surface area contributed by atoms with E-state index in [0.717, 1.165) is 0 Å². The van der Waals surface area contributed by atoms with Gasteiger partial charge in [0.05, 0.1) is 0 Å². The normalized spacial score (nSPS) is 5.33. The molecule has 0 aliphatic heterocycles. The zero-order valence-corrected chi connectivity index (χ0v) is 9.09. The number of rotatable bonds is 0.